The molecule has 16 nitrogen and oxygen atoms in total. The summed E-state index contributed by atoms with van der Waals surface area (Å²) >= 11 is 0. The van der Waals surface area contributed by atoms with Crippen molar-refractivity contribution in [3.8, 4) is 0 Å². The van der Waals surface area contributed by atoms with E-state index < -0.39 is 0 Å². The van der Waals surface area contributed by atoms with E-state index in [0.717, 1.165) is 142 Å². The molecule has 6 rings (SSSR count). The number of aromatic nitrogens is 6. The fourth-order valence-corrected chi connectivity index (χ4v) is 16.7. The molecule has 482 valence electrons. The van der Waals surface area contributed by atoms with Crippen molar-refractivity contribution in [2.45, 2.75) is 335 Å². The summed E-state index contributed by atoms with van der Waals surface area (Å²) < 4.78 is 0. The summed E-state index contributed by atoms with van der Waals surface area (Å²) in [6.45, 7) is 49.3. The molecular formula is C68H130N16. The van der Waals surface area contributed by atoms with Crippen LogP contribution >= 0.6 is 0 Å². The maximum Gasteiger partial charge on any atom is 0.229 e. The Morgan fingerprint density at radius 1 is 0.310 bits per heavy atom. The Bertz CT molecular complexity index is 1980. The molecule has 84 heavy (non-hydrogen) atoms. The van der Waals surface area contributed by atoms with E-state index in [1.807, 2.05) is 0 Å². The lowest BCUT2D eigenvalue weighted by atomic mass is 9.70. The lowest BCUT2D eigenvalue weighted by Crippen LogP contribution is -2.60. The molecule has 4 unspecified atom stereocenters. The van der Waals surface area contributed by atoms with Gasteiger partial charge in [-0.25, -0.2) is 0 Å². The summed E-state index contributed by atoms with van der Waals surface area (Å²) in [4.78, 5) is 41.4. The molecule has 4 saturated heterocycles. The van der Waals surface area contributed by atoms with Gasteiger partial charge in [0.25, 0.3) is 0 Å². The SMILES string of the molecule is CCCC(Nc1nc(NCCCCCCNc2nc(NC(CCC)C3CC(C)(C)N(C)C(C)(C)C3)nc(NC(CCC)C3CC(C)(C)N(C)C(C)(C)C3)n2)nc(NC(CCC)C2CC(C)(C)N(C)C(C)(C)C2)n1)C1CC(C)(C)N(C)C(C)(C)C1. The summed E-state index contributed by atoms with van der Waals surface area (Å²) in [5.74, 6) is 5.96. The van der Waals surface area contributed by atoms with E-state index >= 15 is 0 Å². The van der Waals surface area contributed by atoms with Crippen LogP contribution in [-0.4, -0.2) is 159 Å². The molecule has 0 spiro atoms. The fourth-order valence-electron chi connectivity index (χ4n) is 16.7. The van der Waals surface area contributed by atoms with E-state index in [9.17, 15) is 0 Å². The molecule has 6 N–H and O–H groups in total. The molecule has 0 saturated carbocycles. The van der Waals surface area contributed by atoms with E-state index in [2.05, 4.69) is 218 Å². The molecule has 2 aromatic heterocycles. The summed E-state index contributed by atoms with van der Waals surface area (Å²) in [5.41, 5.74) is 0.718. The molecule has 4 fully saturated rings. The molecule has 0 amide bonds. The number of nitrogens with one attached hydrogen (secondary N) is 6. The average Bonchev–Trinajstić information content (AvgIpc) is 2.33. The first-order valence-electron chi connectivity index (χ1n) is 34.0. The van der Waals surface area contributed by atoms with Crippen molar-refractivity contribution in [2.75, 3.05) is 73.2 Å². The van der Waals surface area contributed by atoms with Gasteiger partial charge in [-0.2, -0.15) is 29.9 Å². The second-order valence-electron chi connectivity index (χ2n) is 32.4. The summed E-state index contributed by atoms with van der Waals surface area (Å²) in [6.07, 6.45) is 21.8. The van der Waals surface area contributed by atoms with Gasteiger partial charge in [-0.3, -0.25) is 19.6 Å². The van der Waals surface area contributed by atoms with Crippen LogP contribution in [0, 0.1) is 23.7 Å². The second-order valence-corrected chi connectivity index (χ2v) is 32.4. The third kappa shape index (κ3) is 17.7. The van der Waals surface area contributed by atoms with Gasteiger partial charge in [0.15, 0.2) is 0 Å². The van der Waals surface area contributed by atoms with Gasteiger partial charge in [0.2, 0.25) is 35.7 Å². The van der Waals surface area contributed by atoms with Gasteiger partial charge in [0, 0.05) is 81.6 Å². The van der Waals surface area contributed by atoms with Crippen molar-refractivity contribution < 1.29 is 0 Å². The van der Waals surface area contributed by atoms with Crippen LogP contribution < -0.4 is 31.9 Å². The average molecular weight is 1170 g/mol. The van der Waals surface area contributed by atoms with E-state index in [-0.39, 0.29) is 68.5 Å². The van der Waals surface area contributed by atoms with Gasteiger partial charge in [0.05, 0.1) is 0 Å². The lowest BCUT2D eigenvalue weighted by molar-refractivity contribution is -0.0349. The van der Waals surface area contributed by atoms with Crippen LogP contribution in [-0.2, 0) is 0 Å². The molecule has 2 aromatic rings. The second kappa shape index (κ2) is 28.0. The van der Waals surface area contributed by atoms with E-state index in [1.165, 1.54) is 0 Å². The maximum absolute atomic E-state index is 5.23. The zero-order valence-corrected chi connectivity index (χ0v) is 58.6. The Morgan fingerprint density at radius 3 is 0.667 bits per heavy atom. The number of piperidine rings is 4. The molecule has 0 bridgehead atoms. The number of hydrogen-bond donors (Lipinski definition) is 6. The Balaban J connectivity index is 1.16. The normalized spacial score (nSPS) is 24.4. The third-order valence-corrected chi connectivity index (χ3v) is 22.2. The molecule has 0 aliphatic carbocycles. The van der Waals surface area contributed by atoms with Crippen LogP contribution in [0.5, 0.6) is 0 Å². The Labute approximate surface area is 515 Å². The molecule has 4 aliphatic rings. The molecular weight excluding hydrogens is 1040 g/mol. The largest absolute Gasteiger partial charge is 0.354 e. The fraction of sp³-hybridized carbons (Fsp3) is 0.912. The third-order valence-electron chi connectivity index (χ3n) is 22.2. The minimum absolute atomic E-state index is 0.0897. The van der Waals surface area contributed by atoms with Crippen LogP contribution in [0.25, 0.3) is 0 Å². The Morgan fingerprint density at radius 2 is 0.488 bits per heavy atom. The predicted octanol–water partition coefficient (Wildman–Crippen LogP) is 15.1. The van der Waals surface area contributed by atoms with Crippen molar-refractivity contribution in [2.24, 2.45) is 23.7 Å². The van der Waals surface area contributed by atoms with Crippen LogP contribution in [0.2, 0.25) is 0 Å². The van der Waals surface area contributed by atoms with Crippen molar-refractivity contribution >= 4 is 35.7 Å². The zero-order valence-electron chi connectivity index (χ0n) is 58.6. The molecule has 4 aliphatic heterocycles. The van der Waals surface area contributed by atoms with Gasteiger partial charge in [-0.05, 0) is 253 Å². The van der Waals surface area contributed by atoms with E-state index in [1.54, 1.807) is 0 Å². The van der Waals surface area contributed by atoms with Gasteiger partial charge >= 0.3 is 0 Å². The number of hydrogen-bond acceptors (Lipinski definition) is 16. The summed E-state index contributed by atoms with van der Waals surface area (Å²) in [5, 5.41) is 23.2. The Kier molecular flexibility index (Phi) is 23.3. The summed E-state index contributed by atoms with van der Waals surface area (Å²) in [7, 11) is 9.20. The van der Waals surface area contributed by atoms with Gasteiger partial charge in [-0.1, -0.05) is 66.2 Å². The molecule has 0 radical (unpaired) electrons. The molecule has 16 heteroatoms. The monoisotopic (exact) mass is 1170 g/mol. The first-order valence-corrected chi connectivity index (χ1v) is 34.0. The molecule has 4 atom stereocenters. The van der Waals surface area contributed by atoms with Gasteiger partial charge in [-0.15, -0.1) is 0 Å². The number of rotatable bonds is 29. The number of likely N-dealkylation sites (tertiary alicyclic amines) is 4. The van der Waals surface area contributed by atoms with Gasteiger partial charge in [0.1, 0.15) is 0 Å². The highest BCUT2D eigenvalue weighted by atomic mass is 15.3. The maximum atomic E-state index is 5.23. The molecule has 0 aromatic carbocycles. The first kappa shape index (κ1) is 69.8. The van der Waals surface area contributed by atoms with E-state index in [4.69, 9.17) is 29.9 Å². The minimum Gasteiger partial charge on any atom is -0.354 e. The van der Waals surface area contributed by atoms with Crippen LogP contribution in [0.15, 0.2) is 0 Å². The number of nitrogens with zero attached hydrogens (tertiary/aromatic N) is 10. The van der Waals surface area contributed by atoms with Crippen molar-refractivity contribution in [1.82, 2.24) is 49.5 Å². The minimum atomic E-state index is 0.0897. The quantitative estimate of drug-likeness (QED) is 0.0426. The predicted molar refractivity (Wildman–Crippen MR) is 359 cm³/mol. The smallest absolute Gasteiger partial charge is 0.229 e. The van der Waals surface area contributed by atoms with Gasteiger partial charge < -0.3 is 31.9 Å². The van der Waals surface area contributed by atoms with Crippen LogP contribution in [0.1, 0.15) is 267 Å². The number of unbranched alkanes of at least 4 members (excludes halogenated alkanes) is 3. The Hall–Kier alpha value is -3.34. The lowest BCUT2D eigenvalue weighted by Gasteiger charge is -2.55. The zero-order chi connectivity index (χ0) is 62.4. The van der Waals surface area contributed by atoms with Crippen molar-refractivity contribution in [1.29, 1.82) is 0 Å². The number of anilines is 6. The highest BCUT2D eigenvalue weighted by Crippen LogP contribution is 2.47. The van der Waals surface area contributed by atoms with Crippen LogP contribution in [0.3, 0.4) is 0 Å². The first-order chi connectivity index (χ1) is 39.0. The molecule has 6 heterocycles. The van der Waals surface area contributed by atoms with E-state index in [0.29, 0.717) is 59.4 Å². The topological polar surface area (TPSA) is 162 Å². The highest BCUT2D eigenvalue weighted by Gasteiger charge is 2.49. The van der Waals surface area contributed by atoms with Crippen LogP contribution in [0.4, 0.5) is 35.7 Å². The van der Waals surface area contributed by atoms with Crippen molar-refractivity contribution in [3.63, 3.8) is 0 Å². The standard InChI is InChI=1S/C68H130N16/c1-25-33-51(47-39-61(5,6)81(21)62(7,8)40-47)71-57-75-55(76-58(79-57)72-52(34-26-2)48-41-63(9,10)82(22)64(11,12)42-48)69-37-31-29-30-32-38-70-56-77-59(73-53(35-27-3)49-43-65(13,14)83(23)66(15,16)44-49)80-60(78-56)74-54(36-28-4)50-45-67(17,18)84(24)68(19,20)46-50/h47-54H,25-46H2,1-24H3,(H3,69,71,72,75,76,79)(H3,70,73,74,77,78,80). The highest BCUT2D eigenvalue weighted by molar-refractivity contribution is 5.45. The van der Waals surface area contributed by atoms with Crippen molar-refractivity contribution in [3.05, 3.63) is 0 Å². The summed E-state index contributed by atoms with van der Waals surface area (Å²) in [6, 6.07) is 1.03.